The van der Waals surface area contributed by atoms with Crippen LogP contribution in [-0.4, -0.2) is 24.5 Å². The lowest BCUT2D eigenvalue weighted by atomic mass is 9.78. The van der Waals surface area contributed by atoms with Crippen molar-refractivity contribution in [1.29, 1.82) is 0 Å². The summed E-state index contributed by atoms with van der Waals surface area (Å²) in [7, 11) is -0.673. The average Bonchev–Trinajstić information content (AvgIpc) is 2.57. The second kappa shape index (κ2) is 4.99. The van der Waals surface area contributed by atoms with Crippen LogP contribution in [0.25, 0.3) is 0 Å². The van der Waals surface area contributed by atoms with Crippen molar-refractivity contribution in [3.63, 3.8) is 0 Å². The molecule has 2 nitrogen and oxygen atoms in total. The van der Waals surface area contributed by atoms with E-state index in [1.54, 1.807) is 0 Å². The maximum Gasteiger partial charge on any atom is 0.494 e. The molecule has 1 heterocycles. The zero-order valence-corrected chi connectivity index (χ0v) is 12.3. The smallest absolute Gasteiger partial charge is 0.399 e. The van der Waals surface area contributed by atoms with Gasteiger partial charge in [-0.15, -0.1) is 0 Å². The van der Waals surface area contributed by atoms with Crippen molar-refractivity contribution in [2.45, 2.75) is 51.2 Å². The van der Waals surface area contributed by atoms with Gasteiger partial charge in [-0.2, -0.15) is 13.2 Å². The third kappa shape index (κ3) is 3.08. The molecule has 0 radical (unpaired) electrons. The number of benzene rings is 1. The summed E-state index contributed by atoms with van der Waals surface area (Å²) in [5.74, 6) is 0. The first-order valence-corrected chi connectivity index (χ1v) is 6.60. The zero-order valence-electron chi connectivity index (χ0n) is 12.3. The van der Waals surface area contributed by atoms with Crippen LogP contribution in [0.1, 0.15) is 39.4 Å². The summed E-state index contributed by atoms with van der Waals surface area (Å²) in [5.41, 5.74) is -0.940. The SMILES string of the molecule is CC1(C)OB(c2ccc(C(F)C(F)(F)F)cc2)OC1(C)C. The summed E-state index contributed by atoms with van der Waals surface area (Å²) in [6.07, 6.45) is -7.88. The normalized spacial score (nSPS) is 22.4. The fourth-order valence-electron chi connectivity index (χ4n) is 1.99. The van der Waals surface area contributed by atoms with Crippen molar-refractivity contribution < 1.29 is 26.9 Å². The molecule has 0 saturated carbocycles. The highest BCUT2D eigenvalue weighted by Gasteiger charge is 2.51. The monoisotopic (exact) mass is 304 g/mol. The van der Waals surface area contributed by atoms with Gasteiger partial charge in [0.05, 0.1) is 11.2 Å². The van der Waals surface area contributed by atoms with Crippen molar-refractivity contribution >= 4 is 12.6 Å². The van der Waals surface area contributed by atoms with Crippen LogP contribution in [0.15, 0.2) is 24.3 Å². The van der Waals surface area contributed by atoms with Gasteiger partial charge in [0.2, 0.25) is 6.17 Å². The minimum atomic E-state index is -4.90. The molecule has 1 unspecified atom stereocenters. The van der Waals surface area contributed by atoms with E-state index >= 15 is 0 Å². The first-order chi connectivity index (χ1) is 9.44. The zero-order chi connectivity index (χ0) is 16.1. The van der Waals surface area contributed by atoms with Crippen LogP contribution in [0.4, 0.5) is 17.6 Å². The Balaban J connectivity index is 2.18. The molecule has 2 rings (SSSR count). The van der Waals surface area contributed by atoms with Crippen LogP contribution in [0.5, 0.6) is 0 Å². The van der Waals surface area contributed by atoms with E-state index in [1.165, 1.54) is 12.1 Å². The van der Waals surface area contributed by atoms with Gasteiger partial charge in [-0.1, -0.05) is 24.3 Å². The lowest BCUT2D eigenvalue weighted by Gasteiger charge is -2.32. The van der Waals surface area contributed by atoms with Crippen LogP contribution in [0, 0.1) is 0 Å². The number of halogens is 4. The molecule has 116 valence electrons. The summed E-state index contributed by atoms with van der Waals surface area (Å²) >= 11 is 0. The predicted molar refractivity (Wildman–Crippen MR) is 72.1 cm³/mol. The molecule has 0 aliphatic carbocycles. The summed E-state index contributed by atoms with van der Waals surface area (Å²) in [5, 5.41) is 0. The molecule has 1 aliphatic rings. The number of rotatable bonds is 2. The van der Waals surface area contributed by atoms with E-state index in [0.717, 1.165) is 12.1 Å². The Morgan fingerprint density at radius 3 is 1.76 bits per heavy atom. The van der Waals surface area contributed by atoms with E-state index in [1.807, 2.05) is 27.7 Å². The van der Waals surface area contributed by atoms with Crippen LogP contribution in [0.2, 0.25) is 0 Å². The van der Waals surface area contributed by atoms with Crippen LogP contribution < -0.4 is 5.46 Å². The molecular formula is C14H17BF4O2. The van der Waals surface area contributed by atoms with Gasteiger partial charge in [-0.25, -0.2) is 4.39 Å². The first kappa shape index (κ1) is 16.3. The average molecular weight is 304 g/mol. The Labute approximate surface area is 121 Å². The highest BCUT2D eigenvalue weighted by Crippen LogP contribution is 2.37. The van der Waals surface area contributed by atoms with Crippen molar-refractivity contribution in [3.8, 4) is 0 Å². The topological polar surface area (TPSA) is 18.5 Å². The summed E-state index contributed by atoms with van der Waals surface area (Å²) in [4.78, 5) is 0. The third-order valence-electron chi connectivity index (χ3n) is 4.04. The van der Waals surface area contributed by atoms with Crippen molar-refractivity contribution in [3.05, 3.63) is 29.8 Å². The van der Waals surface area contributed by atoms with E-state index in [0.29, 0.717) is 5.46 Å². The van der Waals surface area contributed by atoms with Crippen LogP contribution >= 0.6 is 0 Å². The molecule has 1 aliphatic heterocycles. The third-order valence-corrected chi connectivity index (χ3v) is 4.04. The lowest BCUT2D eigenvalue weighted by Crippen LogP contribution is -2.41. The van der Waals surface area contributed by atoms with Gasteiger partial charge in [0.15, 0.2) is 0 Å². The minimum absolute atomic E-state index is 0.428. The van der Waals surface area contributed by atoms with Crippen molar-refractivity contribution in [2.24, 2.45) is 0 Å². The number of alkyl halides is 4. The highest BCUT2D eigenvalue weighted by molar-refractivity contribution is 6.62. The lowest BCUT2D eigenvalue weighted by molar-refractivity contribution is -0.182. The Kier molecular flexibility index (Phi) is 3.87. The molecule has 21 heavy (non-hydrogen) atoms. The Morgan fingerprint density at radius 1 is 0.952 bits per heavy atom. The van der Waals surface area contributed by atoms with Gasteiger partial charge in [-0.3, -0.25) is 0 Å². The van der Waals surface area contributed by atoms with E-state index in [4.69, 9.17) is 9.31 Å². The van der Waals surface area contributed by atoms with Crippen LogP contribution in [0.3, 0.4) is 0 Å². The fraction of sp³-hybridized carbons (Fsp3) is 0.571. The molecule has 0 amide bonds. The predicted octanol–water partition coefficient (Wildman–Crippen LogP) is 3.56. The molecular weight excluding hydrogens is 287 g/mol. The number of hydrogen-bond acceptors (Lipinski definition) is 2. The maximum atomic E-state index is 13.2. The minimum Gasteiger partial charge on any atom is -0.399 e. The Hall–Kier alpha value is -1.08. The maximum absolute atomic E-state index is 13.2. The molecule has 0 bridgehead atoms. The van der Waals surface area contributed by atoms with Gasteiger partial charge >= 0.3 is 13.3 Å². The Morgan fingerprint density at radius 2 is 1.38 bits per heavy atom. The van der Waals surface area contributed by atoms with E-state index in [9.17, 15) is 17.6 Å². The van der Waals surface area contributed by atoms with Gasteiger partial charge < -0.3 is 9.31 Å². The number of hydrogen-bond donors (Lipinski definition) is 0. The standard InChI is InChI=1S/C14H17BF4O2/c1-12(2)13(3,4)21-15(20-12)10-7-5-9(6-8-10)11(16)14(17,18)19/h5-8,11H,1-4H3. The summed E-state index contributed by atoms with van der Waals surface area (Å²) in [6, 6.07) is 5.02. The molecule has 1 fully saturated rings. The molecule has 1 aromatic carbocycles. The first-order valence-electron chi connectivity index (χ1n) is 6.60. The second-order valence-corrected chi connectivity index (χ2v) is 6.16. The fourth-order valence-corrected chi connectivity index (χ4v) is 1.99. The molecule has 7 heteroatoms. The van der Waals surface area contributed by atoms with E-state index in [-0.39, 0.29) is 0 Å². The van der Waals surface area contributed by atoms with Gasteiger partial charge in [0.25, 0.3) is 0 Å². The van der Waals surface area contributed by atoms with E-state index in [2.05, 4.69) is 0 Å². The van der Waals surface area contributed by atoms with Crippen molar-refractivity contribution in [2.75, 3.05) is 0 Å². The quantitative estimate of drug-likeness (QED) is 0.614. The molecule has 1 saturated heterocycles. The summed E-state index contributed by atoms with van der Waals surface area (Å²) < 4.78 is 61.7. The molecule has 1 aromatic rings. The van der Waals surface area contributed by atoms with Gasteiger partial charge in [0.1, 0.15) is 0 Å². The second-order valence-electron chi connectivity index (χ2n) is 6.16. The van der Waals surface area contributed by atoms with Gasteiger partial charge in [0, 0.05) is 0 Å². The summed E-state index contributed by atoms with van der Waals surface area (Å²) in [6.45, 7) is 7.51. The Bertz CT molecular complexity index is 495. The van der Waals surface area contributed by atoms with Crippen molar-refractivity contribution in [1.82, 2.24) is 0 Å². The van der Waals surface area contributed by atoms with Gasteiger partial charge in [-0.05, 0) is 38.7 Å². The molecule has 0 N–H and O–H groups in total. The van der Waals surface area contributed by atoms with Crippen LogP contribution in [-0.2, 0) is 9.31 Å². The molecule has 0 aromatic heterocycles. The van der Waals surface area contributed by atoms with E-state index < -0.39 is 36.2 Å². The molecule has 0 spiro atoms. The molecule has 1 atom stereocenters. The largest absolute Gasteiger partial charge is 0.494 e. The highest BCUT2D eigenvalue weighted by atomic mass is 19.4.